The second-order valence-corrected chi connectivity index (χ2v) is 20.8. The number of alkyl halides is 1. The van der Waals surface area contributed by atoms with E-state index in [4.69, 9.17) is 43.7 Å². The summed E-state index contributed by atoms with van der Waals surface area (Å²) >= 11 is 6.55. The number of hydrogen-bond acceptors (Lipinski definition) is 21. The highest BCUT2D eigenvalue weighted by molar-refractivity contribution is 7.82. The summed E-state index contributed by atoms with van der Waals surface area (Å²) in [6.07, 6.45) is -6.21. The minimum Gasteiger partial charge on any atom is -0.507 e. The first-order valence-corrected chi connectivity index (χ1v) is 27.4. The average molecular weight is 1160 g/mol. The van der Waals surface area contributed by atoms with Crippen molar-refractivity contribution in [2.24, 2.45) is 0 Å². The highest BCUT2D eigenvalue weighted by Gasteiger charge is 2.45. The van der Waals surface area contributed by atoms with Gasteiger partial charge in [0.1, 0.15) is 41.6 Å². The molecule has 28 heteroatoms. The fourth-order valence-corrected chi connectivity index (χ4v) is 10.6. The molecule has 6 N–H and O–H groups in total. The molecular formula is C53H58ClN7O19S. The molecule has 3 aliphatic heterocycles. The number of aromatic hydroxyl groups is 1. The summed E-state index contributed by atoms with van der Waals surface area (Å²) in [6, 6.07) is 13.8. The number of nitrogens with one attached hydrogen (secondary N) is 1. The molecule has 4 aromatic carbocycles. The van der Waals surface area contributed by atoms with Gasteiger partial charge in [-0.3, -0.25) is 28.9 Å². The van der Waals surface area contributed by atoms with Crippen LogP contribution in [0.3, 0.4) is 0 Å². The van der Waals surface area contributed by atoms with Gasteiger partial charge >= 0.3 is 10.4 Å². The van der Waals surface area contributed by atoms with E-state index in [0.29, 0.717) is 52.9 Å². The van der Waals surface area contributed by atoms with Crippen LogP contribution in [0.2, 0.25) is 0 Å². The highest BCUT2D eigenvalue weighted by atomic mass is 35.5. The van der Waals surface area contributed by atoms with Crippen molar-refractivity contribution < 1.29 is 90.0 Å². The van der Waals surface area contributed by atoms with E-state index in [9.17, 15) is 57.9 Å². The molecule has 2 fully saturated rings. The van der Waals surface area contributed by atoms with E-state index < -0.39 is 76.9 Å². The van der Waals surface area contributed by atoms with E-state index in [1.54, 1.807) is 23.0 Å². The summed E-state index contributed by atoms with van der Waals surface area (Å²) in [4.78, 5) is 71.0. The van der Waals surface area contributed by atoms with E-state index in [1.165, 1.54) is 72.2 Å². The molecule has 6 atom stereocenters. The Labute approximate surface area is 467 Å². The molecule has 5 heterocycles. The summed E-state index contributed by atoms with van der Waals surface area (Å²) in [6.45, 7) is 1.85. The van der Waals surface area contributed by atoms with E-state index >= 15 is 0 Å². The van der Waals surface area contributed by atoms with Crippen molar-refractivity contribution in [1.82, 2.24) is 29.8 Å². The van der Waals surface area contributed by atoms with Crippen molar-refractivity contribution in [3.05, 3.63) is 94.9 Å². The summed E-state index contributed by atoms with van der Waals surface area (Å²) in [5, 5.41) is 61.5. The molecule has 0 radical (unpaired) electrons. The lowest BCUT2D eigenvalue weighted by Crippen LogP contribution is -2.60. The third-order valence-electron chi connectivity index (χ3n) is 14.0. The number of aromatic nitrogens is 4. The number of nitrogens with zero attached hydrogens (tertiary/aromatic N) is 6. The molecule has 4 amide bonds. The first kappa shape index (κ1) is 58.2. The molecule has 26 nitrogen and oxygen atoms in total. The maximum Gasteiger partial charge on any atom is 0.501 e. The Hall–Kier alpha value is -7.47. The first-order chi connectivity index (χ1) is 38.8. The summed E-state index contributed by atoms with van der Waals surface area (Å²) in [5.74, 6) is -3.82. The zero-order valence-electron chi connectivity index (χ0n) is 43.9. The van der Waals surface area contributed by atoms with Gasteiger partial charge < -0.3 is 72.4 Å². The third-order valence-corrected chi connectivity index (χ3v) is 15.1. The molecule has 81 heavy (non-hydrogen) atoms. The zero-order valence-corrected chi connectivity index (χ0v) is 45.5. The molecule has 6 aromatic rings. The fourth-order valence-electron chi connectivity index (χ4n) is 9.65. The molecule has 3 aliphatic rings. The molecule has 9 rings (SSSR count). The van der Waals surface area contributed by atoms with Gasteiger partial charge in [0.25, 0.3) is 11.8 Å². The molecule has 0 bridgehead atoms. The van der Waals surface area contributed by atoms with E-state index in [-0.39, 0.29) is 115 Å². The second kappa shape index (κ2) is 24.7. The number of amides is 4. The Morgan fingerprint density at radius 2 is 1.62 bits per heavy atom. The second-order valence-electron chi connectivity index (χ2n) is 19.3. The van der Waals surface area contributed by atoms with Gasteiger partial charge in [0.15, 0.2) is 23.0 Å². The smallest absolute Gasteiger partial charge is 0.501 e. The van der Waals surface area contributed by atoms with Crippen LogP contribution in [0.1, 0.15) is 68.1 Å². The largest absolute Gasteiger partial charge is 0.507 e. The lowest BCUT2D eigenvalue weighted by Gasteiger charge is -2.39. The van der Waals surface area contributed by atoms with E-state index in [2.05, 4.69) is 15.3 Å². The van der Waals surface area contributed by atoms with Gasteiger partial charge in [-0.1, -0.05) is 5.21 Å². The number of aromatic amines is 1. The van der Waals surface area contributed by atoms with Gasteiger partial charge in [-0.25, -0.2) is 4.68 Å². The number of imide groups is 1. The SMILES string of the molecule is COc1ccc2c(OS(=O)(=O)Oc3cc(C(=O)N(C)CCOCCn4cc(CCOCCN5C(=O)CCC5=O)nn4)ccc3O[C@@H]3O[C@H](CO)[C@H](O)[C@H](O)C3O)cc3c(c2c1)[C@H](CCl)CN3C(=O)c1cc2cc(C(C)=O)c(O)cc2[nH]1. The zero-order chi connectivity index (χ0) is 57.9. The molecule has 432 valence electrons. The number of halogens is 1. The molecule has 2 saturated heterocycles. The molecular weight excluding hydrogens is 1110 g/mol. The normalized spacial score (nSPS) is 20.0. The van der Waals surface area contributed by atoms with Gasteiger partial charge in [0.05, 0.1) is 70.2 Å². The van der Waals surface area contributed by atoms with Crippen LogP contribution < -0.4 is 22.7 Å². The number of ketones is 1. The number of benzene rings is 4. The van der Waals surface area contributed by atoms with Crippen molar-refractivity contribution in [3.63, 3.8) is 0 Å². The van der Waals surface area contributed by atoms with Crippen LogP contribution >= 0.6 is 11.6 Å². The Kier molecular flexibility index (Phi) is 17.8. The lowest BCUT2D eigenvalue weighted by molar-refractivity contribution is -0.277. The van der Waals surface area contributed by atoms with Crippen molar-refractivity contribution in [1.29, 1.82) is 0 Å². The predicted octanol–water partition coefficient (Wildman–Crippen LogP) is 2.19. The molecule has 1 unspecified atom stereocenters. The number of anilines is 1. The van der Waals surface area contributed by atoms with E-state index in [1.807, 2.05) is 0 Å². The number of methoxy groups -OCH3 is 1. The number of carbonyl (C=O) groups excluding carboxylic acids is 5. The maximum absolute atomic E-state index is 14.5. The molecule has 0 aliphatic carbocycles. The van der Waals surface area contributed by atoms with Crippen LogP contribution in [-0.4, -0.2) is 197 Å². The summed E-state index contributed by atoms with van der Waals surface area (Å²) < 4.78 is 69.8. The molecule has 2 aromatic heterocycles. The van der Waals surface area contributed by atoms with Crippen LogP contribution in [0.15, 0.2) is 66.9 Å². The predicted molar refractivity (Wildman–Crippen MR) is 285 cm³/mol. The minimum absolute atomic E-state index is 0.0316. The van der Waals surface area contributed by atoms with Gasteiger partial charge in [0.2, 0.25) is 18.1 Å². The number of Topliss-reactive ketones (excluding diaryl/α,β-unsaturated/α-hetero) is 1. The number of fused-ring (bicyclic) bond motifs is 4. The standard InChI is InChI=1S/C53H58ClN7O19S/c1-28(63)35-18-30-19-38(55-37(30)22-40(35)64)52(71)61-25-31(24-54)47-36-21-33(74-3)5-6-34(36)42(23-39(47)61)79-81(72,73)80-43-20-29(4-7-41(43)77-53-50(69)49(68)48(67)44(27-62)78-53)51(70)58(2)11-15-76-16-12-59-26-32(56-57-59)10-14-75-17-13-60-45(65)8-9-46(60)66/h4-7,18-23,26,31,44,48-50,53,55,62,64,67-69H,8-17,24-25,27H2,1-3H3/t31-,44-,48+,49+,50?,53-/m1/s1. The number of likely N-dealkylation sites (N-methyl/N-ethyl adjacent to an activating group) is 1. The Balaban J connectivity index is 0.918. The summed E-state index contributed by atoms with van der Waals surface area (Å²) in [7, 11) is -2.39. The Morgan fingerprint density at radius 1 is 0.877 bits per heavy atom. The van der Waals surface area contributed by atoms with Gasteiger partial charge in [0, 0.05) is 91.4 Å². The van der Waals surface area contributed by atoms with Crippen molar-refractivity contribution >= 4 is 78.8 Å². The van der Waals surface area contributed by atoms with Crippen LogP contribution in [0, 0.1) is 0 Å². The van der Waals surface area contributed by atoms with Crippen LogP contribution in [-0.2, 0) is 47.2 Å². The molecule has 0 spiro atoms. The van der Waals surface area contributed by atoms with Gasteiger partial charge in [-0.2, -0.15) is 0 Å². The number of likely N-dealkylation sites (tertiary alicyclic amines) is 1. The average Bonchev–Trinajstić information content (AvgIpc) is 4.43. The Morgan fingerprint density at radius 3 is 2.35 bits per heavy atom. The summed E-state index contributed by atoms with van der Waals surface area (Å²) in [5.41, 5.74) is 1.79. The van der Waals surface area contributed by atoms with Crippen LogP contribution in [0.25, 0.3) is 21.7 Å². The third kappa shape index (κ3) is 12.7. The van der Waals surface area contributed by atoms with Gasteiger partial charge in [-0.15, -0.1) is 25.1 Å². The molecule has 0 saturated carbocycles. The van der Waals surface area contributed by atoms with Crippen LogP contribution in [0.4, 0.5) is 5.69 Å². The monoisotopic (exact) mass is 1160 g/mol. The topological polar surface area (TPSA) is 341 Å². The quantitative estimate of drug-likeness (QED) is 0.0219. The number of carbonyl (C=O) groups is 5. The number of aliphatic hydroxyl groups excluding tert-OH is 4. The minimum atomic E-state index is -5.30. The first-order valence-electron chi connectivity index (χ1n) is 25.5. The number of rotatable bonds is 24. The van der Waals surface area contributed by atoms with Crippen molar-refractivity contribution in [2.45, 2.75) is 69.4 Å². The van der Waals surface area contributed by atoms with Crippen molar-refractivity contribution in [3.8, 4) is 28.7 Å². The number of ether oxygens (including phenoxy) is 5. The number of phenols is 1. The highest BCUT2D eigenvalue weighted by Crippen LogP contribution is 2.48. The van der Waals surface area contributed by atoms with Crippen LogP contribution in [0.5, 0.6) is 28.7 Å². The number of H-pyrrole nitrogens is 1. The maximum atomic E-state index is 14.5. The van der Waals surface area contributed by atoms with E-state index in [0.717, 1.165) is 12.1 Å². The Bertz CT molecular complexity index is 3470. The number of hydrogen-bond donors (Lipinski definition) is 6. The van der Waals surface area contributed by atoms with Gasteiger partial charge in [-0.05, 0) is 66.4 Å². The van der Waals surface area contributed by atoms with Crippen molar-refractivity contribution in [2.75, 3.05) is 77.6 Å². The number of aliphatic hydroxyl groups is 4. The number of phenolic OH excluding ortho intramolecular Hbond substituents is 1. The lowest BCUT2D eigenvalue weighted by atomic mass is 9.95. The fraction of sp³-hybridized carbons (Fsp3) is 0.415.